The topological polar surface area (TPSA) is 66.8 Å². The molecule has 5 nitrogen and oxygen atoms in total. The summed E-state index contributed by atoms with van der Waals surface area (Å²) in [6.07, 6.45) is 1.23. The third-order valence-corrected chi connectivity index (χ3v) is 7.71. The van der Waals surface area contributed by atoms with E-state index in [1.807, 2.05) is 36.9 Å². The van der Waals surface area contributed by atoms with Crippen LogP contribution in [0.15, 0.2) is 35.3 Å². The number of benzene rings is 1. The van der Waals surface area contributed by atoms with E-state index in [-0.39, 0.29) is 34.6 Å². The van der Waals surface area contributed by atoms with Crippen LogP contribution in [-0.2, 0) is 21.1 Å². The molecule has 7 heteroatoms. The molecule has 2 heterocycles. The van der Waals surface area contributed by atoms with Gasteiger partial charge in [-0.05, 0) is 17.9 Å². The SMILES string of the molecule is CC(C)CC(=O)N=C1S[C@H]2CS(=O)(=O)C[C@@H]2N1CCc1ccccc1. The van der Waals surface area contributed by atoms with Gasteiger partial charge in [0.15, 0.2) is 15.0 Å². The van der Waals surface area contributed by atoms with Crippen LogP contribution >= 0.6 is 11.8 Å². The second-order valence-corrected chi connectivity index (χ2v) is 10.5. The molecule has 2 atom stereocenters. The molecule has 2 saturated heterocycles. The van der Waals surface area contributed by atoms with E-state index in [0.29, 0.717) is 18.1 Å². The first-order valence-electron chi connectivity index (χ1n) is 8.63. The smallest absolute Gasteiger partial charge is 0.248 e. The molecule has 0 saturated carbocycles. The highest BCUT2D eigenvalue weighted by Crippen LogP contribution is 2.38. The fourth-order valence-corrected chi connectivity index (χ4v) is 7.29. The second-order valence-electron chi connectivity index (χ2n) is 7.12. The molecular formula is C18H24N2O3S2. The number of fused-ring (bicyclic) bond motifs is 1. The van der Waals surface area contributed by atoms with Crippen LogP contribution in [0.4, 0.5) is 0 Å². The van der Waals surface area contributed by atoms with Crippen LogP contribution in [0.25, 0.3) is 0 Å². The standard InChI is InChI=1S/C18H24N2O3S2/c1-13(2)10-17(21)19-18-20(9-8-14-6-4-3-5-7-14)15-11-25(22,23)12-16(15)24-18/h3-7,13,15-16H,8-12H2,1-2H3/t15-,16-/m0/s1. The first-order valence-corrected chi connectivity index (χ1v) is 11.3. The average molecular weight is 381 g/mol. The zero-order valence-electron chi connectivity index (χ0n) is 14.6. The normalized spacial score (nSPS) is 26.4. The number of hydrogen-bond acceptors (Lipinski definition) is 4. The molecule has 2 aliphatic heterocycles. The summed E-state index contributed by atoms with van der Waals surface area (Å²) in [6, 6.07) is 10.0. The molecule has 0 N–H and O–H groups in total. The number of amides is 1. The van der Waals surface area contributed by atoms with E-state index < -0.39 is 9.84 Å². The van der Waals surface area contributed by atoms with E-state index in [1.165, 1.54) is 17.3 Å². The van der Waals surface area contributed by atoms with E-state index in [0.717, 1.165) is 6.42 Å². The molecular weight excluding hydrogens is 356 g/mol. The first-order chi connectivity index (χ1) is 11.8. The van der Waals surface area contributed by atoms with Gasteiger partial charge in [-0.3, -0.25) is 4.79 Å². The third kappa shape index (κ3) is 4.64. The number of rotatable bonds is 5. The van der Waals surface area contributed by atoms with E-state index in [1.54, 1.807) is 0 Å². The minimum absolute atomic E-state index is 0.00799. The average Bonchev–Trinajstić information content (AvgIpc) is 2.97. The number of nitrogens with zero attached hydrogens (tertiary/aromatic N) is 2. The van der Waals surface area contributed by atoms with E-state index in [2.05, 4.69) is 17.1 Å². The fraction of sp³-hybridized carbons (Fsp3) is 0.556. The van der Waals surface area contributed by atoms with Crippen LogP contribution in [0.5, 0.6) is 0 Å². The molecule has 0 aliphatic carbocycles. The van der Waals surface area contributed by atoms with Gasteiger partial charge in [-0.15, -0.1) is 0 Å². The Balaban J connectivity index is 1.77. The van der Waals surface area contributed by atoms with Gasteiger partial charge in [0.25, 0.3) is 0 Å². The van der Waals surface area contributed by atoms with Crippen LogP contribution in [-0.4, -0.2) is 53.7 Å². The molecule has 25 heavy (non-hydrogen) atoms. The highest BCUT2D eigenvalue weighted by Gasteiger charge is 2.48. The first kappa shape index (κ1) is 18.5. The summed E-state index contributed by atoms with van der Waals surface area (Å²) < 4.78 is 24.0. The summed E-state index contributed by atoms with van der Waals surface area (Å²) in [6.45, 7) is 4.67. The Kier molecular flexibility index (Phi) is 5.53. The van der Waals surface area contributed by atoms with Gasteiger partial charge in [0.1, 0.15) is 0 Å². The van der Waals surface area contributed by atoms with Crippen LogP contribution in [0.1, 0.15) is 25.8 Å². The van der Waals surface area contributed by atoms with Crippen molar-refractivity contribution < 1.29 is 13.2 Å². The Bertz CT molecular complexity index is 760. The summed E-state index contributed by atoms with van der Waals surface area (Å²) in [7, 11) is -2.99. The summed E-state index contributed by atoms with van der Waals surface area (Å²) in [5.74, 6) is 0.490. The molecule has 0 unspecified atom stereocenters. The van der Waals surface area contributed by atoms with E-state index in [9.17, 15) is 13.2 Å². The molecule has 0 bridgehead atoms. The fourth-order valence-electron chi connectivity index (χ4n) is 3.29. The number of amidine groups is 1. The second kappa shape index (κ2) is 7.50. The lowest BCUT2D eigenvalue weighted by molar-refractivity contribution is -0.118. The quantitative estimate of drug-likeness (QED) is 0.785. The number of carbonyl (C=O) groups excluding carboxylic acids is 1. The van der Waals surface area contributed by atoms with Crippen LogP contribution < -0.4 is 0 Å². The van der Waals surface area contributed by atoms with Crippen molar-refractivity contribution in [3.8, 4) is 0 Å². The Morgan fingerprint density at radius 2 is 2.00 bits per heavy atom. The van der Waals surface area contributed by atoms with E-state index >= 15 is 0 Å². The molecule has 136 valence electrons. The van der Waals surface area contributed by atoms with Crippen LogP contribution in [0.3, 0.4) is 0 Å². The summed E-state index contributed by atoms with van der Waals surface area (Å²) in [5, 5.41) is 0.692. The molecule has 2 fully saturated rings. The van der Waals surface area contributed by atoms with Crippen molar-refractivity contribution in [3.63, 3.8) is 0 Å². The van der Waals surface area contributed by atoms with Gasteiger partial charge in [-0.2, -0.15) is 4.99 Å². The van der Waals surface area contributed by atoms with Gasteiger partial charge >= 0.3 is 0 Å². The summed E-state index contributed by atoms with van der Waals surface area (Å²) in [4.78, 5) is 18.5. The van der Waals surface area contributed by atoms with Crippen molar-refractivity contribution in [2.75, 3.05) is 18.1 Å². The Morgan fingerprint density at radius 1 is 1.28 bits per heavy atom. The molecule has 2 aliphatic rings. The molecule has 1 amide bonds. The van der Waals surface area contributed by atoms with Crippen LogP contribution in [0, 0.1) is 5.92 Å². The number of aliphatic imine (C=N–C) groups is 1. The molecule has 0 spiro atoms. The lowest BCUT2D eigenvalue weighted by Crippen LogP contribution is -2.39. The zero-order chi connectivity index (χ0) is 18.0. The maximum Gasteiger partial charge on any atom is 0.248 e. The largest absolute Gasteiger partial charge is 0.346 e. The number of carbonyl (C=O) groups is 1. The molecule has 0 aromatic heterocycles. The number of thioether (sulfide) groups is 1. The predicted octanol–water partition coefficient (Wildman–Crippen LogP) is 2.37. The lowest BCUT2D eigenvalue weighted by atomic mass is 10.1. The highest BCUT2D eigenvalue weighted by atomic mass is 32.2. The van der Waals surface area contributed by atoms with Crippen molar-refractivity contribution in [2.24, 2.45) is 10.9 Å². The van der Waals surface area contributed by atoms with Crippen molar-refractivity contribution in [2.45, 2.75) is 38.0 Å². The van der Waals surface area contributed by atoms with Gasteiger partial charge in [-0.1, -0.05) is 55.9 Å². The number of hydrogen-bond donors (Lipinski definition) is 0. The van der Waals surface area contributed by atoms with Gasteiger partial charge in [0.2, 0.25) is 5.91 Å². The van der Waals surface area contributed by atoms with Crippen molar-refractivity contribution in [1.82, 2.24) is 4.90 Å². The van der Waals surface area contributed by atoms with Crippen molar-refractivity contribution in [3.05, 3.63) is 35.9 Å². The van der Waals surface area contributed by atoms with Gasteiger partial charge in [0, 0.05) is 18.2 Å². The maximum absolute atomic E-state index is 12.1. The Hall–Kier alpha value is -1.34. The molecule has 1 aromatic rings. The van der Waals surface area contributed by atoms with Gasteiger partial charge < -0.3 is 4.90 Å². The predicted molar refractivity (Wildman–Crippen MR) is 103 cm³/mol. The Morgan fingerprint density at radius 3 is 2.68 bits per heavy atom. The third-order valence-electron chi connectivity index (χ3n) is 4.46. The lowest BCUT2D eigenvalue weighted by Gasteiger charge is -2.24. The molecule has 0 radical (unpaired) electrons. The summed E-state index contributed by atoms with van der Waals surface area (Å²) >= 11 is 1.46. The summed E-state index contributed by atoms with van der Waals surface area (Å²) in [5.41, 5.74) is 1.20. The minimum Gasteiger partial charge on any atom is -0.346 e. The zero-order valence-corrected chi connectivity index (χ0v) is 16.2. The van der Waals surface area contributed by atoms with Gasteiger partial charge in [-0.25, -0.2) is 8.42 Å². The number of sulfone groups is 1. The molecule has 1 aromatic carbocycles. The van der Waals surface area contributed by atoms with Crippen molar-refractivity contribution >= 4 is 32.7 Å². The minimum atomic E-state index is -2.99. The monoisotopic (exact) mass is 380 g/mol. The van der Waals surface area contributed by atoms with Gasteiger partial charge in [0.05, 0.1) is 17.5 Å². The maximum atomic E-state index is 12.1. The van der Waals surface area contributed by atoms with Crippen molar-refractivity contribution in [1.29, 1.82) is 0 Å². The molecule has 3 rings (SSSR count). The highest BCUT2D eigenvalue weighted by molar-refractivity contribution is 8.15. The van der Waals surface area contributed by atoms with Crippen LogP contribution in [0.2, 0.25) is 0 Å². The Labute approximate surface area is 153 Å². The van der Waals surface area contributed by atoms with E-state index in [4.69, 9.17) is 0 Å².